The van der Waals surface area contributed by atoms with E-state index in [9.17, 15) is 17.6 Å². The number of amides is 1. The highest BCUT2D eigenvalue weighted by Crippen LogP contribution is 2.19. The Morgan fingerprint density at radius 2 is 1.93 bits per heavy atom. The summed E-state index contributed by atoms with van der Waals surface area (Å²) in [6.45, 7) is 2.84. The lowest BCUT2D eigenvalue weighted by Crippen LogP contribution is -2.44. The van der Waals surface area contributed by atoms with Gasteiger partial charge >= 0.3 is 0 Å². The number of benzene rings is 2. The van der Waals surface area contributed by atoms with Gasteiger partial charge in [0.1, 0.15) is 5.82 Å². The monoisotopic (exact) mass is 392 g/mol. The Balaban J connectivity index is 1.67. The zero-order chi connectivity index (χ0) is 19.4. The summed E-state index contributed by atoms with van der Waals surface area (Å²) in [6.07, 6.45) is -0.156. The molecule has 0 aliphatic carbocycles. The molecule has 3 rings (SSSR count). The number of carbonyl (C=O) groups is 1. The zero-order valence-corrected chi connectivity index (χ0v) is 15.7. The highest BCUT2D eigenvalue weighted by atomic mass is 32.2. The van der Waals surface area contributed by atoms with E-state index in [4.69, 9.17) is 4.74 Å². The van der Waals surface area contributed by atoms with E-state index in [2.05, 4.69) is 5.32 Å². The summed E-state index contributed by atoms with van der Waals surface area (Å²) < 4.78 is 45.7. The number of ether oxygens (including phenoxy) is 1. The molecule has 6 nitrogen and oxygen atoms in total. The van der Waals surface area contributed by atoms with Gasteiger partial charge in [0.25, 0.3) is 5.91 Å². The molecule has 2 aromatic carbocycles. The van der Waals surface area contributed by atoms with Crippen LogP contribution in [0, 0.1) is 5.82 Å². The fraction of sp³-hybridized carbons (Fsp3) is 0.316. The lowest BCUT2D eigenvalue weighted by Gasteiger charge is -2.30. The molecule has 1 atom stereocenters. The molecule has 2 aromatic rings. The molecule has 1 fully saturated rings. The first-order chi connectivity index (χ1) is 12.9. The van der Waals surface area contributed by atoms with Crippen LogP contribution in [0.2, 0.25) is 0 Å². The second kappa shape index (κ2) is 8.16. The van der Waals surface area contributed by atoms with E-state index in [0.29, 0.717) is 30.8 Å². The lowest BCUT2D eigenvalue weighted by atomic mass is 10.2. The van der Waals surface area contributed by atoms with Crippen LogP contribution in [0.4, 0.5) is 4.39 Å². The summed E-state index contributed by atoms with van der Waals surface area (Å²) in [5.74, 6) is -0.791. The van der Waals surface area contributed by atoms with Crippen molar-refractivity contribution in [1.29, 1.82) is 0 Å². The smallest absolute Gasteiger partial charge is 0.251 e. The Morgan fingerprint density at radius 1 is 1.22 bits per heavy atom. The van der Waals surface area contributed by atoms with E-state index < -0.39 is 15.9 Å². The van der Waals surface area contributed by atoms with E-state index in [-0.39, 0.29) is 23.4 Å². The third-order valence-corrected chi connectivity index (χ3v) is 6.23. The predicted octanol–water partition coefficient (Wildman–Crippen LogP) is 2.17. The maximum absolute atomic E-state index is 13.6. The maximum Gasteiger partial charge on any atom is 0.251 e. The molecular weight excluding hydrogens is 371 g/mol. The zero-order valence-electron chi connectivity index (χ0n) is 14.9. The van der Waals surface area contributed by atoms with Crippen molar-refractivity contribution in [1.82, 2.24) is 9.62 Å². The number of halogens is 1. The van der Waals surface area contributed by atoms with Gasteiger partial charge in [-0.05, 0) is 37.3 Å². The summed E-state index contributed by atoms with van der Waals surface area (Å²) in [5, 5.41) is 2.63. The van der Waals surface area contributed by atoms with Gasteiger partial charge in [0.2, 0.25) is 10.0 Å². The number of carbonyl (C=O) groups excluding carboxylic acids is 1. The van der Waals surface area contributed by atoms with Crippen molar-refractivity contribution < 1.29 is 22.3 Å². The molecule has 0 spiro atoms. The van der Waals surface area contributed by atoms with E-state index in [1.807, 2.05) is 6.92 Å². The normalized spacial score (nSPS) is 18.2. The molecule has 1 unspecified atom stereocenters. The summed E-state index contributed by atoms with van der Waals surface area (Å²) in [6, 6.07) is 11.9. The van der Waals surface area contributed by atoms with Crippen LogP contribution in [0.25, 0.3) is 0 Å². The van der Waals surface area contributed by atoms with Gasteiger partial charge < -0.3 is 10.1 Å². The van der Waals surface area contributed by atoms with Gasteiger partial charge in [-0.1, -0.05) is 18.2 Å². The molecular formula is C19H21FN2O4S. The molecule has 0 aromatic heterocycles. The van der Waals surface area contributed by atoms with E-state index in [0.717, 1.165) is 0 Å². The molecule has 1 N–H and O–H groups in total. The average molecular weight is 392 g/mol. The molecule has 144 valence electrons. The maximum atomic E-state index is 13.6. The molecule has 1 aliphatic rings. The van der Waals surface area contributed by atoms with E-state index in [1.165, 1.54) is 34.6 Å². The number of nitrogens with zero attached hydrogens (tertiary/aromatic N) is 1. The van der Waals surface area contributed by atoms with Crippen molar-refractivity contribution in [2.45, 2.75) is 24.5 Å². The molecule has 1 aliphatic heterocycles. The van der Waals surface area contributed by atoms with Crippen molar-refractivity contribution in [2.75, 3.05) is 19.7 Å². The molecule has 1 heterocycles. The lowest BCUT2D eigenvalue weighted by molar-refractivity contribution is 0.0102. The Morgan fingerprint density at radius 3 is 2.59 bits per heavy atom. The van der Waals surface area contributed by atoms with Gasteiger partial charge in [0.15, 0.2) is 0 Å². The molecule has 27 heavy (non-hydrogen) atoms. The highest BCUT2D eigenvalue weighted by molar-refractivity contribution is 7.89. The Hall–Kier alpha value is -2.29. The van der Waals surface area contributed by atoms with Gasteiger partial charge in [0.05, 0.1) is 17.6 Å². The fourth-order valence-electron chi connectivity index (χ4n) is 2.85. The largest absolute Gasteiger partial charge is 0.376 e. The van der Waals surface area contributed by atoms with Crippen LogP contribution in [0.5, 0.6) is 0 Å². The third kappa shape index (κ3) is 4.52. The summed E-state index contributed by atoms with van der Waals surface area (Å²) in [5.41, 5.74) is 0.687. The summed E-state index contributed by atoms with van der Waals surface area (Å²) in [7, 11) is -3.63. The first kappa shape index (κ1) is 19.5. The van der Waals surface area contributed by atoms with Crippen LogP contribution < -0.4 is 5.32 Å². The number of sulfonamides is 1. The van der Waals surface area contributed by atoms with Crippen molar-refractivity contribution in [3.05, 3.63) is 65.5 Å². The van der Waals surface area contributed by atoms with Gasteiger partial charge in [-0.3, -0.25) is 4.79 Å². The molecule has 0 bridgehead atoms. The standard InChI is InChI=1S/C19H21FN2O4S/c1-14-13-22(10-11-26-14)27(24,25)17-8-6-15(7-9-17)19(23)21-12-16-4-2-3-5-18(16)20/h2-9,14H,10-13H2,1H3,(H,21,23). The van der Waals surface area contributed by atoms with Crippen molar-refractivity contribution in [2.24, 2.45) is 0 Å². The number of hydrogen-bond acceptors (Lipinski definition) is 4. The number of morpholine rings is 1. The minimum Gasteiger partial charge on any atom is -0.376 e. The number of hydrogen-bond donors (Lipinski definition) is 1. The minimum absolute atomic E-state index is 0.0528. The summed E-state index contributed by atoms with van der Waals surface area (Å²) in [4.78, 5) is 12.4. The highest BCUT2D eigenvalue weighted by Gasteiger charge is 2.29. The topological polar surface area (TPSA) is 75.7 Å². The van der Waals surface area contributed by atoms with Crippen LogP contribution in [0.1, 0.15) is 22.8 Å². The summed E-state index contributed by atoms with van der Waals surface area (Å²) >= 11 is 0. The second-order valence-corrected chi connectivity index (χ2v) is 8.28. The fourth-order valence-corrected chi connectivity index (χ4v) is 4.35. The first-order valence-electron chi connectivity index (χ1n) is 8.61. The van der Waals surface area contributed by atoms with Crippen molar-refractivity contribution >= 4 is 15.9 Å². The van der Waals surface area contributed by atoms with Crippen molar-refractivity contribution in [3.8, 4) is 0 Å². The Kier molecular flexibility index (Phi) is 5.88. The SMILES string of the molecule is CC1CN(S(=O)(=O)c2ccc(C(=O)NCc3ccccc3F)cc2)CCO1. The van der Waals surface area contributed by atoms with E-state index >= 15 is 0 Å². The second-order valence-electron chi connectivity index (χ2n) is 6.34. The molecule has 0 radical (unpaired) electrons. The Bertz CT molecular complexity index is 916. The van der Waals surface area contributed by atoms with Crippen LogP contribution in [-0.2, 0) is 21.3 Å². The minimum atomic E-state index is -3.63. The van der Waals surface area contributed by atoms with E-state index in [1.54, 1.807) is 18.2 Å². The quantitative estimate of drug-likeness (QED) is 0.846. The third-order valence-electron chi connectivity index (χ3n) is 4.36. The van der Waals surface area contributed by atoms with Gasteiger partial charge in [-0.2, -0.15) is 4.31 Å². The molecule has 8 heteroatoms. The first-order valence-corrected chi connectivity index (χ1v) is 10.1. The van der Waals surface area contributed by atoms with Gasteiger partial charge in [-0.15, -0.1) is 0 Å². The van der Waals surface area contributed by atoms with Gasteiger partial charge in [-0.25, -0.2) is 12.8 Å². The predicted molar refractivity (Wildman–Crippen MR) is 98.2 cm³/mol. The molecule has 1 amide bonds. The van der Waals surface area contributed by atoms with Crippen LogP contribution in [0.3, 0.4) is 0 Å². The number of nitrogens with one attached hydrogen (secondary N) is 1. The Labute approximate surface area is 158 Å². The van der Waals surface area contributed by atoms with Crippen LogP contribution in [0.15, 0.2) is 53.4 Å². The van der Waals surface area contributed by atoms with Crippen LogP contribution >= 0.6 is 0 Å². The van der Waals surface area contributed by atoms with Crippen molar-refractivity contribution in [3.63, 3.8) is 0 Å². The number of rotatable bonds is 5. The average Bonchev–Trinajstić information content (AvgIpc) is 2.67. The van der Waals surface area contributed by atoms with Gasteiger partial charge in [0, 0.05) is 30.8 Å². The van der Waals surface area contributed by atoms with Crippen LogP contribution in [-0.4, -0.2) is 44.4 Å². The molecule has 1 saturated heterocycles. The molecule has 0 saturated carbocycles.